The van der Waals surface area contributed by atoms with Crippen molar-refractivity contribution in [3.8, 4) is 28.5 Å². The molecule has 174 valence electrons. The molecular weight excluding hydrogens is 470 g/mol. The largest absolute Gasteiger partial charge is 0.493 e. The quantitative estimate of drug-likeness (QED) is 0.540. The topological polar surface area (TPSA) is 111 Å². The van der Waals surface area contributed by atoms with E-state index in [1.165, 1.54) is 50.5 Å². The summed E-state index contributed by atoms with van der Waals surface area (Å²) in [6.07, 6.45) is 0. The molecule has 0 unspecified atom stereocenters. The Bertz CT molecular complexity index is 1260. The van der Waals surface area contributed by atoms with Gasteiger partial charge in [-0.25, -0.2) is 8.42 Å². The minimum Gasteiger partial charge on any atom is -0.493 e. The third-order valence-electron chi connectivity index (χ3n) is 5.49. The van der Waals surface area contributed by atoms with Crippen LogP contribution in [0.4, 0.5) is 0 Å². The van der Waals surface area contributed by atoms with Crippen LogP contribution >= 0.6 is 11.6 Å². The fourth-order valence-corrected chi connectivity index (χ4v) is 5.37. The van der Waals surface area contributed by atoms with Crippen molar-refractivity contribution in [3.63, 3.8) is 0 Å². The Morgan fingerprint density at radius 1 is 1.03 bits per heavy atom. The predicted octanol–water partition coefficient (Wildman–Crippen LogP) is 3.05. The van der Waals surface area contributed by atoms with Crippen molar-refractivity contribution in [1.82, 2.24) is 15.1 Å². The van der Waals surface area contributed by atoms with Crippen molar-refractivity contribution < 1.29 is 27.4 Å². The number of hydrogen-bond acceptors (Lipinski definition) is 7. The molecule has 1 saturated heterocycles. The number of rotatable bonds is 7. The summed E-state index contributed by atoms with van der Waals surface area (Å²) in [5, 5.41) is 6.75. The summed E-state index contributed by atoms with van der Waals surface area (Å²) in [5.74, 6) is 1.04. The van der Waals surface area contributed by atoms with E-state index in [2.05, 4.69) is 10.2 Å². The second-order valence-electron chi connectivity index (χ2n) is 7.41. The van der Waals surface area contributed by atoms with Gasteiger partial charge in [0.1, 0.15) is 10.9 Å². The molecule has 1 fully saturated rings. The van der Waals surface area contributed by atoms with Crippen LogP contribution in [0.3, 0.4) is 0 Å². The minimum atomic E-state index is -3.55. The molecule has 0 bridgehead atoms. The van der Waals surface area contributed by atoms with Gasteiger partial charge in [-0.1, -0.05) is 11.6 Å². The summed E-state index contributed by atoms with van der Waals surface area (Å²) in [7, 11) is 0.993. The van der Waals surface area contributed by atoms with E-state index in [1.54, 1.807) is 18.2 Å². The van der Waals surface area contributed by atoms with E-state index in [4.69, 9.17) is 25.8 Å². The van der Waals surface area contributed by atoms with E-state index in [9.17, 15) is 13.2 Å². The van der Waals surface area contributed by atoms with Crippen LogP contribution in [-0.4, -0.2) is 69.1 Å². The molecule has 1 amide bonds. The number of ether oxygens (including phenoxy) is 3. The normalized spacial score (nSPS) is 14.0. The summed E-state index contributed by atoms with van der Waals surface area (Å²) in [4.78, 5) is 14.5. The molecule has 4 rings (SSSR count). The first kappa shape index (κ1) is 22.9. The predicted molar refractivity (Wildman–Crippen MR) is 122 cm³/mol. The van der Waals surface area contributed by atoms with Gasteiger partial charge in [0.2, 0.25) is 5.75 Å². The smallest absolute Gasteiger partial charge is 0.271 e. The number of methoxy groups -OCH3 is 3. The molecule has 1 N–H and O–H groups in total. The standard InChI is InChI=1S/C22H22ClN3O6S/c1-30-19-8-13(9-20(31-2)21(19)32-3)17-10-18(25-24-17)22(27)26-11-16(12-26)33(28,29)15-6-4-14(23)5-7-15/h4-10,16H,11-12H2,1-3H3,(H,24,25). The summed E-state index contributed by atoms with van der Waals surface area (Å²) >= 11 is 5.84. The molecule has 2 aromatic carbocycles. The van der Waals surface area contributed by atoms with E-state index in [-0.39, 0.29) is 29.6 Å². The summed E-state index contributed by atoms with van der Waals surface area (Å²) in [6, 6.07) is 11.1. The van der Waals surface area contributed by atoms with Gasteiger partial charge in [0.05, 0.1) is 31.9 Å². The van der Waals surface area contributed by atoms with Crippen molar-refractivity contribution in [2.45, 2.75) is 10.1 Å². The van der Waals surface area contributed by atoms with Crippen LogP contribution in [0.1, 0.15) is 10.5 Å². The Morgan fingerprint density at radius 2 is 1.64 bits per heavy atom. The highest BCUT2D eigenvalue weighted by atomic mass is 35.5. The maximum Gasteiger partial charge on any atom is 0.271 e. The van der Waals surface area contributed by atoms with Crippen LogP contribution in [0.15, 0.2) is 47.4 Å². The van der Waals surface area contributed by atoms with Crippen molar-refractivity contribution in [2.24, 2.45) is 0 Å². The van der Waals surface area contributed by atoms with Crippen LogP contribution in [0.25, 0.3) is 11.3 Å². The second-order valence-corrected chi connectivity index (χ2v) is 10.1. The van der Waals surface area contributed by atoms with Crippen LogP contribution < -0.4 is 14.2 Å². The lowest BCUT2D eigenvalue weighted by Gasteiger charge is -2.38. The summed E-state index contributed by atoms with van der Waals surface area (Å²) in [6.45, 7) is 0.199. The monoisotopic (exact) mass is 491 g/mol. The van der Waals surface area contributed by atoms with Gasteiger partial charge in [-0.05, 0) is 42.5 Å². The molecular formula is C22H22ClN3O6S. The highest BCUT2D eigenvalue weighted by Gasteiger charge is 2.41. The average Bonchev–Trinajstić information content (AvgIpc) is 3.27. The van der Waals surface area contributed by atoms with E-state index in [1.807, 2.05) is 0 Å². The maximum atomic E-state index is 12.8. The number of nitrogens with zero attached hydrogens (tertiary/aromatic N) is 2. The van der Waals surface area contributed by atoms with Gasteiger partial charge in [-0.3, -0.25) is 9.89 Å². The molecule has 33 heavy (non-hydrogen) atoms. The molecule has 1 aliphatic heterocycles. The number of carbonyl (C=O) groups is 1. The first-order valence-corrected chi connectivity index (χ1v) is 11.9. The molecule has 1 aliphatic rings. The summed E-state index contributed by atoms with van der Waals surface area (Å²) < 4.78 is 41.6. The van der Waals surface area contributed by atoms with Crippen molar-refractivity contribution in [2.75, 3.05) is 34.4 Å². The van der Waals surface area contributed by atoms with Gasteiger partial charge in [0.15, 0.2) is 21.3 Å². The third kappa shape index (κ3) is 4.23. The van der Waals surface area contributed by atoms with E-state index in [0.29, 0.717) is 33.5 Å². The molecule has 2 heterocycles. The number of halogens is 1. The fourth-order valence-electron chi connectivity index (χ4n) is 3.60. The lowest BCUT2D eigenvalue weighted by Crippen LogP contribution is -2.56. The first-order valence-electron chi connectivity index (χ1n) is 9.93. The number of sulfone groups is 1. The Hall–Kier alpha value is -3.24. The number of benzene rings is 2. The van der Waals surface area contributed by atoms with E-state index < -0.39 is 15.1 Å². The second kappa shape index (κ2) is 8.95. The highest BCUT2D eigenvalue weighted by molar-refractivity contribution is 7.92. The van der Waals surface area contributed by atoms with Gasteiger partial charge in [-0.15, -0.1) is 0 Å². The van der Waals surface area contributed by atoms with Crippen LogP contribution in [0, 0.1) is 0 Å². The number of aromatic amines is 1. The number of nitrogens with one attached hydrogen (secondary N) is 1. The number of likely N-dealkylation sites (tertiary alicyclic amines) is 1. The van der Waals surface area contributed by atoms with Crippen LogP contribution in [0.2, 0.25) is 5.02 Å². The molecule has 0 radical (unpaired) electrons. The van der Waals surface area contributed by atoms with Gasteiger partial charge < -0.3 is 19.1 Å². The Balaban J connectivity index is 1.49. The number of H-pyrrole nitrogens is 1. The molecule has 0 aliphatic carbocycles. The number of hydrogen-bond donors (Lipinski definition) is 1. The summed E-state index contributed by atoms with van der Waals surface area (Å²) in [5.41, 5.74) is 1.41. The molecule has 0 spiro atoms. The SMILES string of the molecule is COc1cc(-c2cc(C(=O)N3CC(S(=O)(=O)c4ccc(Cl)cc4)C3)[nH]n2)cc(OC)c1OC. The fraction of sp³-hybridized carbons (Fsp3) is 0.273. The van der Waals surface area contributed by atoms with Crippen molar-refractivity contribution in [1.29, 1.82) is 0 Å². The highest BCUT2D eigenvalue weighted by Crippen LogP contribution is 2.41. The number of amides is 1. The number of carbonyl (C=O) groups excluding carboxylic acids is 1. The minimum absolute atomic E-state index is 0.0995. The van der Waals surface area contributed by atoms with E-state index in [0.717, 1.165) is 0 Å². The maximum absolute atomic E-state index is 12.8. The zero-order valence-electron chi connectivity index (χ0n) is 18.2. The Kier molecular flexibility index (Phi) is 6.22. The van der Waals surface area contributed by atoms with Gasteiger partial charge in [0.25, 0.3) is 5.91 Å². The number of aromatic nitrogens is 2. The average molecular weight is 492 g/mol. The molecule has 11 heteroatoms. The molecule has 9 nitrogen and oxygen atoms in total. The van der Waals surface area contributed by atoms with Gasteiger partial charge >= 0.3 is 0 Å². The Labute approximate surface area is 196 Å². The lowest BCUT2D eigenvalue weighted by atomic mass is 10.1. The lowest BCUT2D eigenvalue weighted by molar-refractivity contribution is 0.0652. The van der Waals surface area contributed by atoms with Crippen molar-refractivity contribution in [3.05, 3.63) is 53.2 Å². The molecule has 0 atom stereocenters. The van der Waals surface area contributed by atoms with Crippen molar-refractivity contribution >= 4 is 27.3 Å². The third-order valence-corrected chi connectivity index (χ3v) is 7.84. The van der Waals surface area contributed by atoms with Gasteiger partial charge in [-0.2, -0.15) is 5.10 Å². The Morgan fingerprint density at radius 3 is 2.18 bits per heavy atom. The molecule has 0 saturated carbocycles. The molecule has 3 aromatic rings. The zero-order valence-corrected chi connectivity index (χ0v) is 19.7. The zero-order chi connectivity index (χ0) is 23.8. The van der Waals surface area contributed by atoms with Gasteiger partial charge in [0, 0.05) is 23.7 Å². The van der Waals surface area contributed by atoms with E-state index >= 15 is 0 Å². The van der Waals surface area contributed by atoms with Crippen LogP contribution in [0.5, 0.6) is 17.2 Å². The first-order chi connectivity index (χ1) is 15.8. The van der Waals surface area contributed by atoms with Crippen LogP contribution in [-0.2, 0) is 9.84 Å². The molecule has 1 aromatic heterocycles.